The van der Waals surface area contributed by atoms with Crippen LogP contribution >= 0.6 is 0 Å². The highest BCUT2D eigenvalue weighted by Crippen LogP contribution is 2.40. The molecule has 2 aromatic rings. The molecular formula is C20H25N5O3S. The smallest absolute Gasteiger partial charge is 0.272 e. The summed E-state index contributed by atoms with van der Waals surface area (Å²) in [5.74, 6) is 1.26. The zero-order chi connectivity index (χ0) is 20.8. The number of aromatic nitrogens is 2. The van der Waals surface area contributed by atoms with Crippen LogP contribution in [0, 0.1) is 4.78 Å². The number of nitrogens with zero attached hydrogens (tertiary/aromatic N) is 3. The lowest BCUT2D eigenvalue weighted by atomic mass is 10.0. The highest BCUT2D eigenvalue weighted by Gasteiger charge is 2.45. The van der Waals surface area contributed by atoms with Crippen LogP contribution < -0.4 is 15.0 Å². The predicted octanol–water partition coefficient (Wildman–Crippen LogP) is 3.70. The average Bonchev–Trinajstić information content (AvgIpc) is 3.17. The first-order valence-electron chi connectivity index (χ1n) is 9.66. The Kier molecular flexibility index (Phi) is 4.72. The summed E-state index contributed by atoms with van der Waals surface area (Å²) in [6.07, 6.45) is 7.10. The van der Waals surface area contributed by atoms with Gasteiger partial charge in [0.1, 0.15) is 0 Å². The van der Waals surface area contributed by atoms with E-state index in [1.54, 1.807) is 49.2 Å². The zero-order valence-corrected chi connectivity index (χ0v) is 17.6. The fraction of sp³-hybridized carbons (Fsp3) is 0.450. The molecule has 1 aromatic carbocycles. The summed E-state index contributed by atoms with van der Waals surface area (Å²) in [6, 6.07) is 6.89. The van der Waals surface area contributed by atoms with Crippen LogP contribution in [-0.2, 0) is 14.5 Å². The molecule has 0 radical (unpaired) electrons. The Bertz CT molecular complexity index is 1040. The van der Waals surface area contributed by atoms with E-state index in [-0.39, 0.29) is 11.9 Å². The van der Waals surface area contributed by atoms with Gasteiger partial charge in [-0.2, -0.15) is 4.98 Å². The number of amides is 1. The van der Waals surface area contributed by atoms with E-state index < -0.39 is 15.3 Å². The molecule has 1 fully saturated rings. The minimum Gasteiger partial charge on any atom is -0.472 e. The second kappa shape index (κ2) is 6.98. The van der Waals surface area contributed by atoms with Crippen LogP contribution in [0.5, 0.6) is 5.75 Å². The van der Waals surface area contributed by atoms with E-state index >= 15 is 0 Å². The van der Waals surface area contributed by atoms with Gasteiger partial charge in [-0.25, -0.2) is 14.0 Å². The molecule has 0 saturated heterocycles. The Hall–Kier alpha value is -2.68. The number of ether oxygens (including phenoxy) is 1. The van der Waals surface area contributed by atoms with Crippen LogP contribution in [0.4, 0.5) is 17.5 Å². The molecule has 9 heteroatoms. The Labute approximate surface area is 170 Å². The molecule has 1 aromatic heterocycles. The van der Waals surface area contributed by atoms with Gasteiger partial charge in [0.15, 0.2) is 17.2 Å². The van der Waals surface area contributed by atoms with Crippen LogP contribution in [0.15, 0.2) is 35.4 Å². The lowest BCUT2D eigenvalue weighted by Gasteiger charge is -2.40. The van der Waals surface area contributed by atoms with Gasteiger partial charge in [0.05, 0.1) is 15.9 Å². The molecule has 2 heterocycles. The molecule has 0 unspecified atom stereocenters. The number of carbonyl (C=O) groups is 1. The van der Waals surface area contributed by atoms with Gasteiger partial charge in [-0.1, -0.05) is 12.8 Å². The first kappa shape index (κ1) is 19.6. The standard InChI is InChI=1S/C20H25N5O3S/c1-20(2)18(26)25(14-6-4-5-7-14)17-16(28-20)12-22-19(24-17)23-13-8-10-15(11-9-13)29(3,21)27/h8-12,14,21H,4-7H2,1-3H3,(H,22,23,24)/t29-/m0/s1. The van der Waals surface area contributed by atoms with Gasteiger partial charge in [-0.05, 0) is 51.0 Å². The van der Waals surface area contributed by atoms with Crippen molar-refractivity contribution in [3.63, 3.8) is 0 Å². The van der Waals surface area contributed by atoms with Gasteiger partial charge in [-0.15, -0.1) is 0 Å². The summed E-state index contributed by atoms with van der Waals surface area (Å²) in [7, 11) is -2.76. The predicted molar refractivity (Wildman–Crippen MR) is 111 cm³/mol. The highest BCUT2D eigenvalue weighted by atomic mass is 32.2. The van der Waals surface area contributed by atoms with Gasteiger partial charge in [-0.3, -0.25) is 9.69 Å². The average molecular weight is 416 g/mol. The van der Waals surface area contributed by atoms with E-state index in [1.807, 2.05) is 0 Å². The third kappa shape index (κ3) is 3.78. The van der Waals surface area contributed by atoms with Crippen LogP contribution in [-0.4, -0.2) is 38.0 Å². The Morgan fingerprint density at radius 2 is 1.90 bits per heavy atom. The largest absolute Gasteiger partial charge is 0.472 e. The van der Waals surface area contributed by atoms with Crippen molar-refractivity contribution >= 4 is 33.1 Å². The van der Waals surface area contributed by atoms with E-state index in [0.717, 1.165) is 25.7 Å². The number of anilines is 3. The maximum atomic E-state index is 13.1. The van der Waals surface area contributed by atoms with Gasteiger partial charge < -0.3 is 10.1 Å². The SMILES string of the molecule is CC1(C)Oc2cnc(Nc3ccc([S@@](C)(=N)=O)cc3)nc2N(C2CCCC2)C1=O. The van der Waals surface area contributed by atoms with Crippen molar-refractivity contribution in [3.05, 3.63) is 30.5 Å². The molecule has 1 atom stereocenters. The molecule has 2 aliphatic rings. The van der Waals surface area contributed by atoms with E-state index in [4.69, 9.17) is 9.52 Å². The summed E-state index contributed by atoms with van der Waals surface area (Å²) in [4.78, 5) is 24.2. The van der Waals surface area contributed by atoms with Crippen molar-refractivity contribution in [1.29, 1.82) is 4.78 Å². The van der Waals surface area contributed by atoms with Gasteiger partial charge in [0, 0.05) is 22.9 Å². The van der Waals surface area contributed by atoms with Gasteiger partial charge in [0.25, 0.3) is 5.91 Å². The summed E-state index contributed by atoms with van der Waals surface area (Å²) in [5, 5.41) is 3.11. The second-order valence-corrected chi connectivity index (χ2v) is 10.3. The van der Waals surface area contributed by atoms with Crippen molar-refractivity contribution in [2.24, 2.45) is 0 Å². The van der Waals surface area contributed by atoms with Crippen LogP contribution in [0.3, 0.4) is 0 Å². The molecule has 154 valence electrons. The van der Waals surface area contributed by atoms with E-state index in [0.29, 0.717) is 28.1 Å². The molecule has 2 N–H and O–H groups in total. The Morgan fingerprint density at radius 1 is 1.24 bits per heavy atom. The maximum absolute atomic E-state index is 13.1. The summed E-state index contributed by atoms with van der Waals surface area (Å²) < 4.78 is 25.4. The van der Waals surface area contributed by atoms with Crippen molar-refractivity contribution in [3.8, 4) is 5.75 Å². The Balaban J connectivity index is 1.66. The van der Waals surface area contributed by atoms with Crippen molar-refractivity contribution in [2.75, 3.05) is 16.5 Å². The Morgan fingerprint density at radius 3 is 2.52 bits per heavy atom. The number of carbonyl (C=O) groups excluding carboxylic acids is 1. The first-order valence-corrected chi connectivity index (χ1v) is 11.6. The first-order chi connectivity index (χ1) is 13.6. The zero-order valence-electron chi connectivity index (χ0n) is 16.8. The molecule has 1 aliphatic heterocycles. The molecule has 1 saturated carbocycles. The fourth-order valence-electron chi connectivity index (χ4n) is 3.80. The number of hydrogen-bond acceptors (Lipinski definition) is 7. The third-order valence-electron chi connectivity index (χ3n) is 5.31. The van der Waals surface area contributed by atoms with E-state index in [1.165, 1.54) is 6.26 Å². The van der Waals surface area contributed by atoms with Crippen LogP contribution in [0.2, 0.25) is 0 Å². The summed E-state index contributed by atoms with van der Waals surface area (Å²) in [5.41, 5.74) is -0.249. The lowest BCUT2D eigenvalue weighted by molar-refractivity contribution is -0.133. The number of nitrogens with one attached hydrogen (secondary N) is 2. The molecule has 8 nitrogen and oxygen atoms in total. The van der Waals surface area contributed by atoms with E-state index in [2.05, 4.69) is 15.3 Å². The summed E-state index contributed by atoms with van der Waals surface area (Å²) >= 11 is 0. The van der Waals surface area contributed by atoms with Gasteiger partial charge >= 0.3 is 0 Å². The van der Waals surface area contributed by atoms with Crippen molar-refractivity contribution in [1.82, 2.24) is 9.97 Å². The van der Waals surface area contributed by atoms with Crippen LogP contribution in [0.25, 0.3) is 0 Å². The molecule has 0 spiro atoms. The molecule has 29 heavy (non-hydrogen) atoms. The highest BCUT2D eigenvalue weighted by molar-refractivity contribution is 7.91. The summed E-state index contributed by atoms with van der Waals surface area (Å²) in [6.45, 7) is 3.54. The lowest BCUT2D eigenvalue weighted by Crippen LogP contribution is -2.55. The molecular weight excluding hydrogens is 390 g/mol. The number of fused-ring (bicyclic) bond motifs is 1. The molecule has 4 rings (SSSR count). The van der Waals surface area contributed by atoms with E-state index in [9.17, 15) is 9.00 Å². The minimum atomic E-state index is -2.76. The molecule has 0 bridgehead atoms. The minimum absolute atomic E-state index is 0.0842. The van der Waals surface area contributed by atoms with Crippen LogP contribution in [0.1, 0.15) is 39.5 Å². The third-order valence-corrected chi connectivity index (χ3v) is 6.49. The van der Waals surface area contributed by atoms with Crippen molar-refractivity contribution in [2.45, 2.75) is 56.1 Å². The quantitative estimate of drug-likeness (QED) is 0.788. The number of hydrogen-bond donors (Lipinski definition) is 2. The fourth-order valence-corrected chi connectivity index (χ4v) is 4.46. The molecule has 1 aliphatic carbocycles. The normalized spacial score (nSPS) is 20.7. The van der Waals surface area contributed by atoms with Crippen molar-refractivity contribution < 1.29 is 13.7 Å². The topological polar surface area (TPSA) is 108 Å². The van der Waals surface area contributed by atoms with Gasteiger partial charge in [0.2, 0.25) is 5.95 Å². The number of rotatable bonds is 4. The monoisotopic (exact) mass is 415 g/mol. The second-order valence-electron chi connectivity index (χ2n) is 8.10. The number of benzene rings is 1. The maximum Gasteiger partial charge on any atom is 0.272 e. The molecule has 1 amide bonds.